The summed E-state index contributed by atoms with van der Waals surface area (Å²) in [5.74, 6) is -0.162. The molecule has 1 unspecified atom stereocenters. The van der Waals surface area contributed by atoms with E-state index in [0.717, 1.165) is 18.5 Å². The van der Waals surface area contributed by atoms with Crippen LogP contribution in [0.4, 0.5) is 4.39 Å². The van der Waals surface area contributed by atoms with Crippen LogP contribution in [-0.4, -0.2) is 12.6 Å². The summed E-state index contributed by atoms with van der Waals surface area (Å²) in [6, 6.07) is 5.43. The molecule has 0 aromatic heterocycles. The fourth-order valence-corrected chi connectivity index (χ4v) is 1.48. The molecule has 0 aliphatic rings. The number of nitrogens with one attached hydrogen (secondary N) is 1. The van der Waals surface area contributed by atoms with E-state index in [4.69, 9.17) is 0 Å². The second-order valence-corrected chi connectivity index (χ2v) is 4.13. The Labute approximate surface area is 97.4 Å². The van der Waals surface area contributed by atoms with E-state index < -0.39 is 0 Å². The Balaban J connectivity index is 2.64. The monoisotopic (exact) mass is 221 g/mol. The Bertz CT molecular complexity index is 358. The van der Waals surface area contributed by atoms with Gasteiger partial charge in [0.15, 0.2) is 0 Å². The number of hydrogen-bond donors (Lipinski definition) is 1. The standard InChI is InChI=1S/C14H20FN/c1-4-9-16-12(3)6-7-13-10-11(2)5-8-14(13)15/h5-8,10,12,16H,4,9H2,1-3H3/b7-6+. The van der Waals surface area contributed by atoms with Crippen LogP contribution in [0.5, 0.6) is 0 Å². The highest BCUT2D eigenvalue weighted by Crippen LogP contribution is 2.11. The van der Waals surface area contributed by atoms with Gasteiger partial charge in [0.25, 0.3) is 0 Å². The van der Waals surface area contributed by atoms with Gasteiger partial charge in [0.05, 0.1) is 0 Å². The lowest BCUT2D eigenvalue weighted by Gasteiger charge is -2.07. The third-order valence-corrected chi connectivity index (χ3v) is 2.43. The number of halogens is 1. The van der Waals surface area contributed by atoms with Crippen LogP contribution in [0.15, 0.2) is 24.3 Å². The van der Waals surface area contributed by atoms with E-state index >= 15 is 0 Å². The van der Waals surface area contributed by atoms with Crippen molar-refractivity contribution >= 4 is 6.08 Å². The number of hydrogen-bond acceptors (Lipinski definition) is 1. The normalized spacial score (nSPS) is 13.2. The molecule has 0 radical (unpaired) electrons. The number of rotatable bonds is 5. The lowest BCUT2D eigenvalue weighted by atomic mass is 10.1. The maximum Gasteiger partial charge on any atom is 0.130 e. The molecule has 1 atom stereocenters. The van der Waals surface area contributed by atoms with Gasteiger partial charge in [-0.2, -0.15) is 0 Å². The Morgan fingerprint density at radius 3 is 2.88 bits per heavy atom. The van der Waals surface area contributed by atoms with Crippen LogP contribution < -0.4 is 5.32 Å². The second-order valence-electron chi connectivity index (χ2n) is 4.13. The highest BCUT2D eigenvalue weighted by Gasteiger charge is 1.99. The van der Waals surface area contributed by atoms with Gasteiger partial charge in [0, 0.05) is 11.6 Å². The number of aryl methyl sites for hydroxylation is 1. The Morgan fingerprint density at radius 2 is 2.19 bits per heavy atom. The highest BCUT2D eigenvalue weighted by atomic mass is 19.1. The van der Waals surface area contributed by atoms with E-state index in [2.05, 4.69) is 19.2 Å². The Kier molecular flexibility index (Phi) is 5.20. The summed E-state index contributed by atoms with van der Waals surface area (Å²) >= 11 is 0. The van der Waals surface area contributed by atoms with Crippen molar-refractivity contribution in [2.24, 2.45) is 0 Å². The van der Waals surface area contributed by atoms with Crippen molar-refractivity contribution in [2.75, 3.05) is 6.54 Å². The molecule has 0 amide bonds. The first-order valence-electron chi connectivity index (χ1n) is 5.81. The quantitative estimate of drug-likeness (QED) is 0.802. The molecule has 16 heavy (non-hydrogen) atoms. The first-order chi connectivity index (χ1) is 7.63. The minimum absolute atomic E-state index is 0.162. The topological polar surface area (TPSA) is 12.0 Å². The van der Waals surface area contributed by atoms with Crippen LogP contribution in [0.3, 0.4) is 0 Å². The maximum atomic E-state index is 13.4. The average molecular weight is 221 g/mol. The molecule has 0 fully saturated rings. The lowest BCUT2D eigenvalue weighted by Crippen LogP contribution is -2.24. The van der Waals surface area contributed by atoms with Gasteiger partial charge in [-0.25, -0.2) is 4.39 Å². The first kappa shape index (κ1) is 12.9. The van der Waals surface area contributed by atoms with Gasteiger partial charge >= 0.3 is 0 Å². The van der Waals surface area contributed by atoms with Crippen molar-refractivity contribution in [1.82, 2.24) is 5.32 Å². The molecule has 1 rings (SSSR count). The molecule has 0 aliphatic carbocycles. The van der Waals surface area contributed by atoms with Crippen molar-refractivity contribution in [3.8, 4) is 0 Å². The van der Waals surface area contributed by atoms with Gasteiger partial charge in [-0.1, -0.05) is 30.7 Å². The van der Waals surface area contributed by atoms with Crippen LogP contribution in [0.2, 0.25) is 0 Å². The van der Waals surface area contributed by atoms with Crippen LogP contribution >= 0.6 is 0 Å². The predicted molar refractivity (Wildman–Crippen MR) is 67.9 cm³/mol. The smallest absolute Gasteiger partial charge is 0.130 e. The second kappa shape index (κ2) is 6.44. The van der Waals surface area contributed by atoms with Gasteiger partial charge in [-0.05, 0) is 38.9 Å². The van der Waals surface area contributed by atoms with Crippen LogP contribution in [0, 0.1) is 12.7 Å². The molecule has 2 heteroatoms. The molecule has 1 nitrogen and oxygen atoms in total. The molecule has 0 heterocycles. The number of benzene rings is 1. The van der Waals surface area contributed by atoms with Crippen molar-refractivity contribution in [1.29, 1.82) is 0 Å². The molecule has 1 aromatic rings. The summed E-state index contributed by atoms with van der Waals surface area (Å²) in [5.41, 5.74) is 1.74. The highest BCUT2D eigenvalue weighted by molar-refractivity contribution is 5.51. The minimum Gasteiger partial charge on any atom is -0.311 e. The average Bonchev–Trinajstić information content (AvgIpc) is 2.27. The van der Waals surface area contributed by atoms with Crippen LogP contribution in [0.25, 0.3) is 6.08 Å². The molecule has 0 bridgehead atoms. The SMILES string of the molecule is CCCNC(C)/C=C/c1cc(C)ccc1F. The van der Waals surface area contributed by atoms with E-state index in [1.54, 1.807) is 6.07 Å². The molecule has 1 N–H and O–H groups in total. The first-order valence-corrected chi connectivity index (χ1v) is 5.81. The zero-order chi connectivity index (χ0) is 12.0. The van der Waals surface area contributed by atoms with Crippen LogP contribution in [0.1, 0.15) is 31.4 Å². The third kappa shape index (κ3) is 4.15. The fraction of sp³-hybridized carbons (Fsp3) is 0.429. The van der Waals surface area contributed by atoms with Crippen molar-refractivity contribution < 1.29 is 4.39 Å². The summed E-state index contributed by atoms with van der Waals surface area (Å²) in [5, 5.41) is 3.33. The van der Waals surface area contributed by atoms with Gasteiger partial charge in [0.2, 0.25) is 0 Å². The van der Waals surface area contributed by atoms with E-state index in [9.17, 15) is 4.39 Å². The molecular formula is C14H20FN. The predicted octanol–water partition coefficient (Wildman–Crippen LogP) is 3.54. The molecule has 0 aliphatic heterocycles. The molecule has 1 aromatic carbocycles. The third-order valence-electron chi connectivity index (χ3n) is 2.43. The van der Waals surface area contributed by atoms with Gasteiger partial charge < -0.3 is 5.32 Å². The largest absolute Gasteiger partial charge is 0.311 e. The Hall–Kier alpha value is -1.15. The molecule has 0 saturated carbocycles. The van der Waals surface area contributed by atoms with Crippen molar-refractivity contribution in [2.45, 2.75) is 33.2 Å². The van der Waals surface area contributed by atoms with Crippen molar-refractivity contribution in [3.63, 3.8) is 0 Å². The summed E-state index contributed by atoms with van der Waals surface area (Å²) in [7, 11) is 0. The summed E-state index contributed by atoms with van der Waals surface area (Å²) < 4.78 is 13.4. The zero-order valence-electron chi connectivity index (χ0n) is 10.3. The summed E-state index contributed by atoms with van der Waals surface area (Å²) in [6.07, 6.45) is 4.94. The minimum atomic E-state index is -0.162. The summed E-state index contributed by atoms with van der Waals surface area (Å²) in [6.45, 7) is 7.15. The maximum absolute atomic E-state index is 13.4. The van der Waals surface area contributed by atoms with Gasteiger partial charge in [-0.3, -0.25) is 0 Å². The molecular weight excluding hydrogens is 201 g/mol. The Morgan fingerprint density at radius 1 is 1.44 bits per heavy atom. The van der Waals surface area contributed by atoms with E-state index in [1.807, 2.05) is 25.1 Å². The zero-order valence-corrected chi connectivity index (χ0v) is 10.3. The summed E-state index contributed by atoms with van der Waals surface area (Å²) in [4.78, 5) is 0. The van der Waals surface area contributed by atoms with Gasteiger partial charge in [0.1, 0.15) is 5.82 Å². The van der Waals surface area contributed by atoms with E-state index in [1.165, 1.54) is 6.07 Å². The molecule has 0 saturated heterocycles. The fourth-order valence-electron chi connectivity index (χ4n) is 1.48. The molecule has 88 valence electrons. The van der Waals surface area contributed by atoms with E-state index in [0.29, 0.717) is 5.56 Å². The lowest BCUT2D eigenvalue weighted by molar-refractivity contribution is 0.620. The van der Waals surface area contributed by atoms with E-state index in [-0.39, 0.29) is 11.9 Å². The molecule has 0 spiro atoms. The van der Waals surface area contributed by atoms with Crippen LogP contribution in [-0.2, 0) is 0 Å². The van der Waals surface area contributed by atoms with Gasteiger partial charge in [-0.15, -0.1) is 0 Å². The van der Waals surface area contributed by atoms with Crippen molar-refractivity contribution in [3.05, 3.63) is 41.2 Å².